The zero-order valence-electron chi connectivity index (χ0n) is 22.3. The van der Waals surface area contributed by atoms with E-state index in [1.54, 1.807) is 30.1 Å². The van der Waals surface area contributed by atoms with Gasteiger partial charge in [-0.15, -0.1) is 0 Å². The molecule has 1 N–H and O–H groups in total. The van der Waals surface area contributed by atoms with Gasteiger partial charge in [-0.05, 0) is 103 Å². The zero-order chi connectivity index (χ0) is 29.3. The first-order chi connectivity index (χ1) is 20.3. The molecule has 1 saturated heterocycles. The van der Waals surface area contributed by atoms with Crippen molar-refractivity contribution in [3.8, 4) is 22.9 Å². The molecule has 212 valence electrons. The van der Waals surface area contributed by atoms with Crippen LogP contribution in [0.4, 0.5) is 18.9 Å². The molecule has 0 saturated carbocycles. The average Bonchev–Trinajstić information content (AvgIpc) is 3.62. The minimum Gasteiger partial charge on any atom is -0.497 e. The van der Waals surface area contributed by atoms with Crippen LogP contribution in [0, 0.1) is 0 Å². The molecule has 1 aliphatic heterocycles. The number of alkyl halides is 3. The van der Waals surface area contributed by atoms with E-state index in [9.17, 15) is 13.2 Å². The number of rotatable bonds is 7. The summed E-state index contributed by atoms with van der Waals surface area (Å²) in [6.07, 6.45) is -0.999. The lowest BCUT2D eigenvalue weighted by atomic mass is 10.0. The number of methoxy groups -OCH3 is 1. The smallest absolute Gasteiger partial charge is 0.416 e. The van der Waals surface area contributed by atoms with Crippen molar-refractivity contribution in [2.75, 3.05) is 12.0 Å². The molecule has 3 heterocycles. The van der Waals surface area contributed by atoms with Crippen LogP contribution in [0.5, 0.6) is 17.2 Å². The summed E-state index contributed by atoms with van der Waals surface area (Å²) in [6.45, 7) is 0. The molecule has 0 amide bonds. The largest absolute Gasteiger partial charge is 0.497 e. The number of benzene rings is 3. The molecule has 0 unspecified atom stereocenters. The van der Waals surface area contributed by atoms with Gasteiger partial charge in [0.1, 0.15) is 23.3 Å². The molecule has 5 aromatic rings. The van der Waals surface area contributed by atoms with Gasteiger partial charge in [0, 0.05) is 29.5 Å². The Kier molecular flexibility index (Phi) is 7.30. The quantitative estimate of drug-likeness (QED) is 0.196. The summed E-state index contributed by atoms with van der Waals surface area (Å²) in [5.74, 6) is 2.03. The number of aromatic nitrogens is 2. The van der Waals surface area contributed by atoms with Gasteiger partial charge in [-0.2, -0.15) is 13.2 Å². The third-order valence-electron chi connectivity index (χ3n) is 7.04. The molecule has 0 spiro atoms. The van der Waals surface area contributed by atoms with Crippen LogP contribution in [0.1, 0.15) is 29.0 Å². The third kappa shape index (κ3) is 5.40. The van der Waals surface area contributed by atoms with Gasteiger partial charge in [-0.1, -0.05) is 12.1 Å². The van der Waals surface area contributed by atoms with Crippen molar-refractivity contribution in [1.82, 2.24) is 14.9 Å². The maximum absolute atomic E-state index is 13.6. The molecule has 10 heteroatoms. The molecule has 6 rings (SSSR count). The summed E-state index contributed by atoms with van der Waals surface area (Å²) in [7, 11) is 1.61. The highest BCUT2D eigenvalue weighted by molar-refractivity contribution is 7.80. The highest BCUT2D eigenvalue weighted by Gasteiger charge is 2.42. The van der Waals surface area contributed by atoms with Crippen LogP contribution in [-0.2, 0) is 6.18 Å². The second-order valence-electron chi connectivity index (χ2n) is 9.62. The maximum atomic E-state index is 13.6. The molecule has 0 aliphatic carbocycles. The number of nitrogens with one attached hydrogen (secondary N) is 1. The van der Waals surface area contributed by atoms with Gasteiger partial charge in [-0.25, -0.2) is 0 Å². The van der Waals surface area contributed by atoms with Gasteiger partial charge < -0.3 is 24.3 Å². The number of pyridine rings is 1. The predicted octanol–water partition coefficient (Wildman–Crippen LogP) is 7.87. The molecule has 3 aromatic carbocycles. The SMILES string of the molecule is COc1ccc(Oc2ccc(N3C(=S)N[C@H](c4ccccn4)[C@@H]3c3cccn3-c3cccc(C(F)(F)F)c3)cc2)cc1. The number of halogens is 3. The van der Waals surface area contributed by atoms with Gasteiger partial charge in [-0.3, -0.25) is 4.98 Å². The number of hydrogen-bond donors (Lipinski definition) is 1. The van der Waals surface area contributed by atoms with Crippen molar-refractivity contribution in [3.05, 3.63) is 132 Å². The first-order valence-corrected chi connectivity index (χ1v) is 13.5. The van der Waals surface area contributed by atoms with Crippen molar-refractivity contribution < 1.29 is 22.6 Å². The molecule has 2 atom stereocenters. The molecule has 42 heavy (non-hydrogen) atoms. The third-order valence-corrected chi connectivity index (χ3v) is 7.36. The van der Waals surface area contributed by atoms with Gasteiger partial charge in [0.05, 0.1) is 24.4 Å². The summed E-state index contributed by atoms with van der Waals surface area (Å²) in [4.78, 5) is 6.53. The maximum Gasteiger partial charge on any atom is 0.416 e. The lowest BCUT2D eigenvalue weighted by Gasteiger charge is -2.29. The van der Waals surface area contributed by atoms with E-state index >= 15 is 0 Å². The first kappa shape index (κ1) is 27.3. The van der Waals surface area contributed by atoms with Gasteiger partial charge in [0.2, 0.25) is 0 Å². The van der Waals surface area contributed by atoms with E-state index < -0.39 is 17.8 Å². The van der Waals surface area contributed by atoms with Crippen LogP contribution in [0.2, 0.25) is 0 Å². The molecule has 2 aromatic heterocycles. The Morgan fingerprint density at radius 1 is 0.810 bits per heavy atom. The fraction of sp³-hybridized carbons (Fsp3) is 0.125. The summed E-state index contributed by atoms with van der Waals surface area (Å²) in [5.41, 5.74) is 1.96. The van der Waals surface area contributed by atoms with Crippen molar-refractivity contribution in [1.29, 1.82) is 0 Å². The number of ether oxygens (including phenoxy) is 2. The second kappa shape index (κ2) is 11.2. The van der Waals surface area contributed by atoms with Gasteiger partial charge in [0.25, 0.3) is 0 Å². The minimum absolute atomic E-state index is 0.367. The molecular formula is C32H25F3N4O2S. The fourth-order valence-electron chi connectivity index (χ4n) is 5.09. The zero-order valence-corrected chi connectivity index (χ0v) is 23.1. The highest BCUT2D eigenvalue weighted by Crippen LogP contribution is 2.43. The minimum atomic E-state index is -4.46. The Hall–Kier alpha value is -4.83. The van der Waals surface area contributed by atoms with Crippen molar-refractivity contribution in [2.24, 2.45) is 0 Å². The van der Waals surface area contributed by atoms with Crippen LogP contribution in [-0.4, -0.2) is 21.8 Å². The lowest BCUT2D eigenvalue weighted by molar-refractivity contribution is -0.137. The first-order valence-electron chi connectivity index (χ1n) is 13.1. The topological polar surface area (TPSA) is 51.6 Å². The van der Waals surface area contributed by atoms with Gasteiger partial charge in [0.15, 0.2) is 5.11 Å². The molecule has 1 aliphatic rings. The van der Waals surface area contributed by atoms with Crippen LogP contribution in [0.15, 0.2) is 116 Å². The predicted molar refractivity (Wildman–Crippen MR) is 158 cm³/mol. The molecule has 6 nitrogen and oxygen atoms in total. The molecular weight excluding hydrogens is 561 g/mol. The van der Waals surface area contributed by atoms with E-state index in [4.69, 9.17) is 21.7 Å². The standard InChI is InChI=1S/C32H25F3N4O2S/c1-40-24-14-16-26(17-15-24)41-25-12-10-22(11-13-25)39-30(29(37-31(39)42)27-8-2-3-18-36-27)28-9-5-19-38(28)23-7-4-6-21(20-23)32(33,34)35/h2-20,29-30H,1H3,(H,37,42)/t29-,30+/m1/s1. The van der Waals surface area contributed by atoms with E-state index in [1.807, 2.05) is 83.8 Å². The van der Waals surface area contributed by atoms with E-state index in [0.29, 0.717) is 22.3 Å². The number of nitrogens with zero attached hydrogens (tertiary/aromatic N) is 3. The van der Waals surface area contributed by atoms with Crippen LogP contribution in [0.3, 0.4) is 0 Å². The van der Waals surface area contributed by atoms with E-state index in [0.717, 1.165) is 35.0 Å². The molecule has 1 fully saturated rings. The summed E-state index contributed by atoms with van der Waals surface area (Å²) in [5, 5.41) is 3.86. The fourth-order valence-corrected chi connectivity index (χ4v) is 5.44. The lowest BCUT2D eigenvalue weighted by Crippen LogP contribution is -2.30. The Labute approximate surface area is 246 Å². The van der Waals surface area contributed by atoms with E-state index in [2.05, 4.69) is 10.3 Å². The Balaban J connectivity index is 1.38. The molecule has 0 radical (unpaired) electrons. The van der Waals surface area contributed by atoms with Crippen LogP contribution >= 0.6 is 12.2 Å². The number of anilines is 1. The number of hydrogen-bond acceptors (Lipinski definition) is 4. The summed E-state index contributed by atoms with van der Waals surface area (Å²) >= 11 is 5.83. The Morgan fingerprint density at radius 2 is 1.52 bits per heavy atom. The van der Waals surface area contributed by atoms with E-state index in [-0.39, 0.29) is 6.04 Å². The van der Waals surface area contributed by atoms with Crippen molar-refractivity contribution in [2.45, 2.75) is 18.3 Å². The second-order valence-corrected chi connectivity index (χ2v) is 10.0. The van der Waals surface area contributed by atoms with E-state index in [1.165, 1.54) is 6.07 Å². The highest BCUT2D eigenvalue weighted by atomic mass is 32.1. The Bertz CT molecular complexity index is 1690. The van der Waals surface area contributed by atoms with Crippen LogP contribution in [0.25, 0.3) is 5.69 Å². The van der Waals surface area contributed by atoms with Crippen molar-refractivity contribution in [3.63, 3.8) is 0 Å². The molecule has 0 bridgehead atoms. The summed E-state index contributed by atoms with van der Waals surface area (Å²) in [6, 6.07) is 28.6. The normalized spacial score (nSPS) is 16.8. The summed E-state index contributed by atoms with van der Waals surface area (Å²) < 4.78 is 53.7. The van der Waals surface area contributed by atoms with Crippen LogP contribution < -0.4 is 19.7 Å². The van der Waals surface area contributed by atoms with Crippen molar-refractivity contribution >= 4 is 23.0 Å². The average molecular weight is 587 g/mol. The Morgan fingerprint density at radius 3 is 2.19 bits per heavy atom. The monoisotopic (exact) mass is 586 g/mol. The van der Waals surface area contributed by atoms with Gasteiger partial charge >= 0.3 is 6.18 Å². The number of thiocarbonyl (C=S) groups is 1.